The van der Waals surface area contributed by atoms with Crippen LogP contribution in [0.3, 0.4) is 0 Å². The van der Waals surface area contributed by atoms with Crippen molar-refractivity contribution in [3.63, 3.8) is 0 Å². The van der Waals surface area contributed by atoms with Crippen LogP contribution in [0.25, 0.3) is 0 Å². The number of rotatable bonds is 3. The highest BCUT2D eigenvalue weighted by Gasteiger charge is 2.26. The predicted molar refractivity (Wildman–Crippen MR) is 83.6 cm³/mol. The zero-order chi connectivity index (χ0) is 13.1. The van der Waals surface area contributed by atoms with E-state index in [4.69, 9.17) is 4.74 Å². The monoisotopic (exact) mass is 375 g/mol. The minimum Gasteiger partial charge on any atom is -0.379 e. The number of benzene rings is 1. The van der Waals surface area contributed by atoms with E-state index in [9.17, 15) is 0 Å². The van der Waals surface area contributed by atoms with Gasteiger partial charge in [-0.3, -0.25) is 0 Å². The number of piperidine rings is 1. The van der Waals surface area contributed by atoms with Gasteiger partial charge in [0.05, 0.1) is 6.10 Å². The van der Waals surface area contributed by atoms with Crippen LogP contribution in [0, 0.1) is 5.92 Å². The molecule has 1 aliphatic rings. The van der Waals surface area contributed by atoms with Crippen molar-refractivity contribution < 1.29 is 4.74 Å². The Hall–Kier alpha value is -0.0600. The van der Waals surface area contributed by atoms with Crippen molar-refractivity contribution in [1.82, 2.24) is 0 Å². The summed E-state index contributed by atoms with van der Waals surface area (Å²) >= 11 is 7.11. The van der Waals surface area contributed by atoms with E-state index in [0.717, 1.165) is 22.9 Å². The largest absolute Gasteiger partial charge is 0.379 e. The number of halogens is 2. The fourth-order valence-corrected chi connectivity index (χ4v) is 3.39. The molecule has 1 aliphatic heterocycles. The van der Waals surface area contributed by atoms with E-state index in [1.165, 1.54) is 17.7 Å². The van der Waals surface area contributed by atoms with Gasteiger partial charge in [0.2, 0.25) is 0 Å². The molecule has 1 aromatic rings. The number of anilines is 1. The first-order valence-electron chi connectivity index (χ1n) is 6.28. The normalized spacial score (nSPS) is 24.3. The van der Waals surface area contributed by atoms with E-state index in [0.29, 0.717) is 12.0 Å². The fraction of sp³-hybridized carbons (Fsp3) is 0.571. The Bertz CT molecular complexity index is 411. The van der Waals surface area contributed by atoms with Crippen LogP contribution in [0.5, 0.6) is 0 Å². The highest BCUT2D eigenvalue weighted by molar-refractivity contribution is 9.10. The maximum atomic E-state index is 5.59. The number of nitrogens with zero attached hydrogens (tertiary/aromatic N) is 1. The number of hydrogen-bond donors (Lipinski definition) is 0. The molecule has 2 unspecified atom stereocenters. The van der Waals surface area contributed by atoms with Gasteiger partial charge >= 0.3 is 0 Å². The van der Waals surface area contributed by atoms with Gasteiger partial charge in [-0.2, -0.15) is 0 Å². The molecule has 0 N–H and O–H groups in total. The van der Waals surface area contributed by atoms with Gasteiger partial charge in [-0.15, -0.1) is 0 Å². The van der Waals surface area contributed by atoms with Gasteiger partial charge < -0.3 is 9.64 Å². The summed E-state index contributed by atoms with van der Waals surface area (Å²) in [6, 6.07) is 6.49. The smallest absolute Gasteiger partial charge is 0.0772 e. The van der Waals surface area contributed by atoms with Crippen LogP contribution in [-0.4, -0.2) is 26.3 Å². The average molecular weight is 377 g/mol. The molecule has 2 nitrogen and oxygen atoms in total. The summed E-state index contributed by atoms with van der Waals surface area (Å²) in [6.45, 7) is 4.38. The molecule has 2 rings (SSSR count). The molecular weight excluding hydrogens is 358 g/mol. The van der Waals surface area contributed by atoms with E-state index in [1.807, 2.05) is 7.11 Å². The Morgan fingerprint density at radius 1 is 1.44 bits per heavy atom. The highest BCUT2D eigenvalue weighted by Crippen LogP contribution is 2.30. The molecule has 0 spiro atoms. The van der Waals surface area contributed by atoms with Gasteiger partial charge in [-0.1, -0.05) is 38.8 Å². The van der Waals surface area contributed by atoms with Gasteiger partial charge in [0.1, 0.15) is 0 Å². The Kier molecular flexibility index (Phi) is 5.10. The summed E-state index contributed by atoms with van der Waals surface area (Å²) in [4.78, 5) is 2.44. The third kappa shape index (κ3) is 3.09. The first kappa shape index (κ1) is 14.4. The second kappa shape index (κ2) is 6.40. The maximum Gasteiger partial charge on any atom is 0.0772 e. The molecule has 2 atom stereocenters. The minimum absolute atomic E-state index is 0.338. The summed E-state index contributed by atoms with van der Waals surface area (Å²) in [6.07, 6.45) is 1.53. The second-order valence-electron chi connectivity index (χ2n) is 4.89. The number of hydrogen-bond acceptors (Lipinski definition) is 2. The Labute approximate surface area is 126 Å². The SMILES string of the molecule is COC1CN(c2ccc(Br)cc2CBr)CCC1C. The van der Waals surface area contributed by atoms with E-state index in [1.54, 1.807) is 0 Å². The van der Waals surface area contributed by atoms with Crippen molar-refractivity contribution in [1.29, 1.82) is 0 Å². The van der Waals surface area contributed by atoms with Crippen molar-refractivity contribution in [3.05, 3.63) is 28.2 Å². The first-order valence-corrected chi connectivity index (χ1v) is 8.19. The Balaban J connectivity index is 2.21. The summed E-state index contributed by atoms with van der Waals surface area (Å²) in [7, 11) is 1.82. The zero-order valence-corrected chi connectivity index (χ0v) is 14.0. The molecule has 18 heavy (non-hydrogen) atoms. The van der Waals surface area contributed by atoms with Crippen molar-refractivity contribution in [2.24, 2.45) is 5.92 Å². The lowest BCUT2D eigenvalue weighted by atomic mass is 9.95. The maximum absolute atomic E-state index is 5.59. The van der Waals surface area contributed by atoms with Crippen LogP contribution in [-0.2, 0) is 10.1 Å². The molecule has 1 fully saturated rings. The van der Waals surface area contributed by atoms with Crippen LogP contribution >= 0.6 is 31.9 Å². The lowest BCUT2D eigenvalue weighted by Crippen LogP contribution is -2.44. The van der Waals surface area contributed by atoms with Gasteiger partial charge in [0.15, 0.2) is 0 Å². The molecule has 4 heteroatoms. The van der Waals surface area contributed by atoms with Crippen molar-refractivity contribution in [2.45, 2.75) is 24.8 Å². The molecule has 0 amide bonds. The molecule has 1 aromatic carbocycles. The van der Waals surface area contributed by atoms with Crippen molar-refractivity contribution in [3.8, 4) is 0 Å². The number of alkyl halides is 1. The molecule has 0 aromatic heterocycles. The molecule has 100 valence electrons. The molecule has 1 heterocycles. The third-order valence-corrected chi connectivity index (χ3v) is 4.82. The quantitative estimate of drug-likeness (QED) is 0.732. The summed E-state index contributed by atoms with van der Waals surface area (Å²) in [5.74, 6) is 0.647. The molecular formula is C14H19Br2NO. The van der Waals surface area contributed by atoms with Crippen LogP contribution in [0.1, 0.15) is 18.9 Å². The van der Waals surface area contributed by atoms with E-state index in [-0.39, 0.29) is 0 Å². The van der Waals surface area contributed by atoms with Crippen LogP contribution in [0.4, 0.5) is 5.69 Å². The van der Waals surface area contributed by atoms with Crippen LogP contribution in [0.15, 0.2) is 22.7 Å². The van der Waals surface area contributed by atoms with Crippen molar-refractivity contribution >= 4 is 37.5 Å². The molecule has 0 aliphatic carbocycles. The Morgan fingerprint density at radius 2 is 2.22 bits per heavy atom. The van der Waals surface area contributed by atoms with Crippen molar-refractivity contribution in [2.75, 3.05) is 25.1 Å². The molecule has 0 radical (unpaired) electrons. The summed E-state index contributed by atoms with van der Waals surface area (Å²) < 4.78 is 6.72. The average Bonchev–Trinajstić information content (AvgIpc) is 2.39. The first-order chi connectivity index (χ1) is 8.65. The summed E-state index contributed by atoms with van der Waals surface area (Å²) in [5.41, 5.74) is 2.65. The summed E-state index contributed by atoms with van der Waals surface area (Å²) in [5, 5.41) is 0.880. The second-order valence-corrected chi connectivity index (χ2v) is 6.37. The lowest BCUT2D eigenvalue weighted by molar-refractivity contribution is 0.0498. The number of ether oxygens (including phenoxy) is 1. The molecule has 0 bridgehead atoms. The zero-order valence-electron chi connectivity index (χ0n) is 10.8. The van der Waals surface area contributed by atoms with E-state index < -0.39 is 0 Å². The minimum atomic E-state index is 0.338. The predicted octanol–water partition coefficient (Wildman–Crippen LogP) is 4.21. The lowest BCUT2D eigenvalue weighted by Gasteiger charge is -2.38. The van der Waals surface area contributed by atoms with Crippen LogP contribution < -0.4 is 4.90 Å². The van der Waals surface area contributed by atoms with E-state index in [2.05, 4.69) is 61.9 Å². The van der Waals surface area contributed by atoms with Gasteiger partial charge in [-0.05, 0) is 36.1 Å². The third-order valence-electron chi connectivity index (χ3n) is 3.72. The molecule has 0 saturated carbocycles. The standard InChI is InChI=1S/C14H19Br2NO/c1-10-5-6-17(9-14(10)18-2)13-4-3-12(16)7-11(13)8-15/h3-4,7,10,14H,5-6,8-9H2,1-2H3. The van der Waals surface area contributed by atoms with E-state index >= 15 is 0 Å². The van der Waals surface area contributed by atoms with Gasteiger partial charge in [0.25, 0.3) is 0 Å². The van der Waals surface area contributed by atoms with Gasteiger partial charge in [-0.25, -0.2) is 0 Å². The molecule has 1 saturated heterocycles. The Morgan fingerprint density at radius 3 is 2.89 bits per heavy atom. The highest BCUT2D eigenvalue weighted by atomic mass is 79.9. The van der Waals surface area contributed by atoms with Gasteiger partial charge in [0, 0.05) is 35.7 Å². The number of methoxy groups -OCH3 is 1. The topological polar surface area (TPSA) is 12.5 Å². The fourth-order valence-electron chi connectivity index (χ4n) is 2.53. The van der Waals surface area contributed by atoms with Crippen LogP contribution in [0.2, 0.25) is 0 Å².